The molecule has 0 unspecified atom stereocenters. The molecule has 4 nitrogen and oxygen atoms in total. The number of aliphatic carboxylic acids is 1. The quantitative estimate of drug-likeness (QED) is 0.754. The molecule has 0 aliphatic carbocycles. The van der Waals surface area contributed by atoms with Gasteiger partial charge in [-0.3, -0.25) is 4.79 Å². The van der Waals surface area contributed by atoms with Crippen LogP contribution in [0.25, 0.3) is 22.2 Å². The molecule has 3 aromatic rings. The van der Waals surface area contributed by atoms with Gasteiger partial charge < -0.3 is 14.8 Å². The van der Waals surface area contributed by atoms with Gasteiger partial charge in [0.1, 0.15) is 11.6 Å². The molecule has 5 heteroatoms. The molecule has 0 radical (unpaired) electrons. The second-order valence-electron chi connectivity index (χ2n) is 5.84. The number of hydrogen-bond donors (Lipinski definition) is 2. The number of fused-ring (bicyclic) bond motifs is 1. The highest BCUT2D eigenvalue weighted by Crippen LogP contribution is 2.38. The van der Waals surface area contributed by atoms with Crippen molar-refractivity contribution >= 4 is 16.9 Å². The first kappa shape index (κ1) is 16.1. The highest BCUT2D eigenvalue weighted by Gasteiger charge is 2.21. The van der Waals surface area contributed by atoms with Crippen molar-refractivity contribution in [1.29, 1.82) is 0 Å². The zero-order chi connectivity index (χ0) is 17.4. The van der Waals surface area contributed by atoms with Gasteiger partial charge in [-0.15, -0.1) is 0 Å². The predicted octanol–water partition coefficient (Wildman–Crippen LogP) is 4.23. The maximum Gasteiger partial charge on any atom is 0.307 e. The maximum absolute atomic E-state index is 13.8. The lowest BCUT2D eigenvalue weighted by atomic mass is 9.98. The number of carboxylic acids is 1. The van der Waals surface area contributed by atoms with Crippen LogP contribution in [0.2, 0.25) is 0 Å². The average molecular weight is 327 g/mol. The molecule has 0 amide bonds. The smallest absolute Gasteiger partial charge is 0.307 e. The SMILES string of the molecule is COc1ccc(F)cc1-c1[nH]c2c(C)ccc(C)c2c1CC(=O)O. The molecule has 0 saturated carbocycles. The van der Waals surface area contributed by atoms with Crippen LogP contribution in [0.15, 0.2) is 30.3 Å². The number of rotatable bonds is 4. The Balaban J connectivity index is 2.40. The molecule has 124 valence electrons. The molecule has 24 heavy (non-hydrogen) atoms. The monoisotopic (exact) mass is 327 g/mol. The van der Waals surface area contributed by atoms with Gasteiger partial charge in [0, 0.05) is 16.5 Å². The Morgan fingerprint density at radius 3 is 2.58 bits per heavy atom. The fourth-order valence-electron chi connectivity index (χ4n) is 3.12. The van der Waals surface area contributed by atoms with Gasteiger partial charge >= 0.3 is 5.97 Å². The fraction of sp³-hybridized carbons (Fsp3) is 0.211. The minimum Gasteiger partial charge on any atom is -0.496 e. The largest absolute Gasteiger partial charge is 0.496 e. The summed E-state index contributed by atoms with van der Waals surface area (Å²) in [6.07, 6.45) is -0.153. The number of aromatic nitrogens is 1. The van der Waals surface area contributed by atoms with E-state index in [2.05, 4.69) is 4.98 Å². The van der Waals surface area contributed by atoms with Crippen molar-refractivity contribution in [3.8, 4) is 17.0 Å². The molecule has 0 atom stereocenters. The Bertz CT molecular complexity index is 943. The van der Waals surface area contributed by atoms with Crippen LogP contribution in [0.5, 0.6) is 5.75 Å². The van der Waals surface area contributed by atoms with Crippen LogP contribution in [0.3, 0.4) is 0 Å². The normalized spacial score (nSPS) is 11.0. The van der Waals surface area contributed by atoms with Crippen LogP contribution in [0.1, 0.15) is 16.7 Å². The zero-order valence-electron chi connectivity index (χ0n) is 13.7. The molecule has 2 aromatic carbocycles. The highest BCUT2D eigenvalue weighted by molar-refractivity contribution is 5.98. The van der Waals surface area contributed by atoms with Gasteiger partial charge in [0.2, 0.25) is 0 Å². The van der Waals surface area contributed by atoms with Crippen LogP contribution < -0.4 is 4.74 Å². The molecule has 0 fully saturated rings. The summed E-state index contributed by atoms with van der Waals surface area (Å²) >= 11 is 0. The standard InChI is InChI=1S/C19H18FNO3/c1-10-4-5-11(2)18-17(10)14(9-16(22)23)19(21-18)13-8-12(20)6-7-15(13)24-3/h4-8,21H,9H2,1-3H3,(H,22,23). The van der Waals surface area contributed by atoms with E-state index in [1.807, 2.05) is 26.0 Å². The van der Waals surface area contributed by atoms with Crippen molar-refractivity contribution in [2.45, 2.75) is 20.3 Å². The second-order valence-corrected chi connectivity index (χ2v) is 5.84. The summed E-state index contributed by atoms with van der Waals surface area (Å²) in [5, 5.41) is 10.2. The van der Waals surface area contributed by atoms with Crippen molar-refractivity contribution < 1.29 is 19.0 Å². The van der Waals surface area contributed by atoms with E-state index in [-0.39, 0.29) is 6.42 Å². The number of ether oxygens (including phenoxy) is 1. The second kappa shape index (κ2) is 6.00. The number of carbonyl (C=O) groups is 1. The first-order valence-corrected chi connectivity index (χ1v) is 7.58. The summed E-state index contributed by atoms with van der Waals surface area (Å²) in [6, 6.07) is 8.16. The molecular weight excluding hydrogens is 309 g/mol. The molecule has 0 aliphatic rings. The number of halogens is 1. The van der Waals surface area contributed by atoms with Gasteiger partial charge in [-0.2, -0.15) is 0 Å². The van der Waals surface area contributed by atoms with Crippen molar-refractivity contribution in [1.82, 2.24) is 4.98 Å². The van der Waals surface area contributed by atoms with E-state index in [4.69, 9.17) is 4.74 Å². The lowest BCUT2D eigenvalue weighted by Gasteiger charge is -2.09. The minimum atomic E-state index is -0.937. The third-order valence-electron chi connectivity index (χ3n) is 4.23. The van der Waals surface area contributed by atoms with Gasteiger partial charge in [0.15, 0.2) is 0 Å². The van der Waals surface area contributed by atoms with E-state index in [1.165, 1.54) is 19.2 Å². The number of H-pyrrole nitrogens is 1. The summed E-state index contributed by atoms with van der Waals surface area (Å²) in [6.45, 7) is 3.89. The minimum absolute atomic E-state index is 0.153. The van der Waals surface area contributed by atoms with E-state index in [0.717, 1.165) is 22.0 Å². The molecular formula is C19H18FNO3. The molecule has 0 bridgehead atoms. The third-order valence-corrected chi connectivity index (χ3v) is 4.23. The summed E-state index contributed by atoms with van der Waals surface area (Å²) in [7, 11) is 1.51. The van der Waals surface area contributed by atoms with Crippen LogP contribution >= 0.6 is 0 Å². The zero-order valence-corrected chi connectivity index (χ0v) is 13.7. The van der Waals surface area contributed by atoms with E-state index in [1.54, 1.807) is 6.07 Å². The van der Waals surface area contributed by atoms with E-state index >= 15 is 0 Å². The number of carboxylic acid groups (broad SMARTS) is 1. The number of aromatic amines is 1. The molecule has 3 rings (SSSR count). The number of methoxy groups -OCH3 is 1. The number of benzene rings is 2. The van der Waals surface area contributed by atoms with Crippen LogP contribution in [0, 0.1) is 19.7 Å². The summed E-state index contributed by atoms with van der Waals surface area (Å²) < 4.78 is 19.1. The predicted molar refractivity (Wildman–Crippen MR) is 91.1 cm³/mol. The number of hydrogen-bond acceptors (Lipinski definition) is 2. The van der Waals surface area contributed by atoms with Crippen LogP contribution in [-0.2, 0) is 11.2 Å². The van der Waals surface area contributed by atoms with Crippen molar-refractivity contribution in [3.63, 3.8) is 0 Å². The summed E-state index contributed by atoms with van der Waals surface area (Å²) in [5.41, 5.74) is 4.59. The Labute approximate surface area is 138 Å². The number of nitrogens with one attached hydrogen (secondary N) is 1. The van der Waals surface area contributed by atoms with Gasteiger partial charge in [-0.25, -0.2) is 4.39 Å². The molecule has 0 saturated heterocycles. The van der Waals surface area contributed by atoms with Gasteiger partial charge in [0.25, 0.3) is 0 Å². The Kier molecular flexibility index (Phi) is 4.01. The van der Waals surface area contributed by atoms with Crippen molar-refractivity contribution in [3.05, 3.63) is 52.8 Å². The van der Waals surface area contributed by atoms with Gasteiger partial charge in [-0.05, 0) is 48.7 Å². The molecule has 0 aliphatic heterocycles. The summed E-state index contributed by atoms with van der Waals surface area (Å²) in [5.74, 6) is -0.850. The lowest BCUT2D eigenvalue weighted by molar-refractivity contribution is -0.136. The molecule has 0 spiro atoms. The Morgan fingerprint density at radius 2 is 1.92 bits per heavy atom. The van der Waals surface area contributed by atoms with E-state index < -0.39 is 11.8 Å². The first-order valence-electron chi connectivity index (χ1n) is 7.58. The summed E-state index contributed by atoms with van der Waals surface area (Å²) in [4.78, 5) is 14.7. The van der Waals surface area contributed by atoms with E-state index in [9.17, 15) is 14.3 Å². The first-order chi connectivity index (χ1) is 11.4. The molecule has 1 aromatic heterocycles. The van der Waals surface area contributed by atoms with Gasteiger partial charge in [0.05, 0.1) is 19.2 Å². The van der Waals surface area contributed by atoms with Crippen LogP contribution in [0.4, 0.5) is 4.39 Å². The topological polar surface area (TPSA) is 62.3 Å². The Morgan fingerprint density at radius 1 is 1.21 bits per heavy atom. The number of aryl methyl sites for hydroxylation is 2. The third kappa shape index (κ3) is 2.62. The lowest BCUT2D eigenvalue weighted by Crippen LogP contribution is -2.02. The van der Waals surface area contributed by atoms with Crippen molar-refractivity contribution in [2.24, 2.45) is 0 Å². The fourth-order valence-corrected chi connectivity index (χ4v) is 3.12. The maximum atomic E-state index is 13.8. The average Bonchev–Trinajstić information content (AvgIpc) is 2.91. The van der Waals surface area contributed by atoms with Crippen molar-refractivity contribution in [2.75, 3.05) is 7.11 Å². The Hall–Kier alpha value is -2.82. The van der Waals surface area contributed by atoms with Crippen LogP contribution in [-0.4, -0.2) is 23.2 Å². The van der Waals surface area contributed by atoms with Gasteiger partial charge in [-0.1, -0.05) is 12.1 Å². The molecule has 2 N–H and O–H groups in total. The molecule has 1 heterocycles. The van der Waals surface area contributed by atoms with E-state index in [0.29, 0.717) is 22.6 Å². The highest BCUT2D eigenvalue weighted by atomic mass is 19.1.